The van der Waals surface area contributed by atoms with Crippen LogP contribution in [0.3, 0.4) is 0 Å². The maximum Gasteiger partial charge on any atom is 0.136 e. The van der Waals surface area contributed by atoms with Crippen LogP contribution in [0.25, 0.3) is 0 Å². The summed E-state index contributed by atoms with van der Waals surface area (Å²) in [6.45, 7) is 2.57. The Kier molecular flexibility index (Phi) is 3.93. The largest absolute Gasteiger partial charge is 0.384 e. The molecule has 1 aliphatic rings. The van der Waals surface area contributed by atoms with Crippen molar-refractivity contribution >= 4 is 22.4 Å². The van der Waals surface area contributed by atoms with Gasteiger partial charge < -0.3 is 11.1 Å². The molecule has 0 radical (unpaired) electrons. The Morgan fingerprint density at radius 2 is 2.29 bits per heavy atom. The molecule has 1 atom stereocenters. The van der Waals surface area contributed by atoms with Crippen molar-refractivity contribution in [1.29, 1.82) is 0 Å². The molecular weight excluding hydrogens is 236 g/mol. The van der Waals surface area contributed by atoms with Crippen LogP contribution in [0.5, 0.6) is 0 Å². The molecule has 3 N–H and O–H groups in total. The lowest BCUT2D eigenvalue weighted by atomic mass is 10.4. The maximum absolute atomic E-state index is 11.3. The minimum Gasteiger partial charge on any atom is -0.384 e. The number of rotatable bonds is 6. The molecule has 1 aliphatic carbocycles. The van der Waals surface area contributed by atoms with Crippen molar-refractivity contribution in [2.75, 3.05) is 29.1 Å². The molecule has 0 saturated heterocycles. The summed E-state index contributed by atoms with van der Waals surface area (Å²) < 4.78 is 11.3. The van der Waals surface area contributed by atoms with Crippen LogP contribution in [0.4, 0.5) is 11.6 Å². The van der Waals surface area contributed by atoms with E-state index < -0.39 is 10.8 Å². The van der Waals surface area contributed by atoms with Crippen LogP contribution in [-0.4, -0.2) is 32.2 Å². The van der Waals surface area contributed by atoms with E-state index in [4.69, 9.17) is 5.73 Å². The van der Waals surface area contributed by atoms with Crippen molar-refractivity contribution in [3.63, 3.8) is 0 Å². The van der Waals surface area contributed by atoms with Crippen molar-refractivity contribution in [3.8, 4) is 0 Å². The highest BCUT2D eigenvalue weighted by atomic mass is 32.2. The molecule has 2 rings (SSSR count). The monoisotopic (exact) mass is 254 g/mol. The molecule has 1 heterocycles. The molecule has 17 heavy (non-hydrogen) atoms. The number of anilines is 2. The van der Waals surface area contributed by atoms with Gasteiger partial charge in [-0.3, -0.25) is 4.21 Å². The highest BCUT2D eigenvalue weighted by Gasteiger charge is 2.27. The van der Waals surface area contributed by atoms with Gasteiger partial charge in [-0.25, -0.2) is 9.97 Å². The Morgan fingerprint density at radius 3 is 2.94 bits per heavy atom. The first kappa shape index (κ1) is 12.3. The third kappa shape index (κ3) is 3.66. The molecule has 0 aliphatic heterocycles. The Morgan fingerprint density at radius 1 is 1.53 bits per heavy atom. The van der Waals surface area contributed by atoms with Gasteiger partial charge in [0.15, 0.2) is 0 Å². The molecule has 1 unspecified atom stereocenters. The topological polar surface area (TPSA) is 80.9 Å². The van der Waals surface area contributed by atoms with Crippen LogP contribution in [-0.2, 0) is 10.8 Å². The smallest absolute Gasteiger partial charge is 0.136 e. The first-order valence-corrected chi connectivity index (χ1v) is 7.41. The summed E-state index contributed by atoms with van der Waals surface area (Å²) in [6, 6.07) is 1.72. The fraction of sp³-hybridized carbons (Fsp3) is 0.636. The van der Waals surface area contributed by atoms with Crippen molar-refractivity contribution in [2.24, 2.45) is 0 Å². The van der Waals surface area contributed by atoms with E-state index >= 15 is 0 Å². The summed E-state index contributed by atoms with van der Waals surface area (Å²) in [5.41, 5.74) is 5.73. The average Bonchev–Trinajstić information content (AvgIpc) is 3.12. The van der Waals surface area contributed by atoms with E-state index in [1.165, 1.54) is 0 Å². The van der Waals surface area contributed by atoms with Gasteiger partial charge in [0.25, 0.3) is 0 Å². The van der Waals surface area contributed by atoms with Gasteiger partial charge in [0.2, 0.25) is 0 Å². The van der Waals surface area contributed by atoms with Crippen LogP contribution in [0, 0.1) is 0 Å². The first-order valence-electron chi connectivity index (χ1n) is 5.92. The molecule has 5 nitrogen and oxygen atoms in total. The Labute approximate surface area is 104 Å². The van der Waals surface area contributed by atoms with Gasteiger partial charge in [0, 0.05) is 40.8 Å². The van der Waals surface area contributed by atoms with Gasteiger partial charge in [0.05, 0.1) is 0 Å². The third-order valence-electron chi connectivity index (χ3n) is 2.66. The Bertz CT molecular complexity index is 420. The molecule has 1 saturated carbocycles. The van der Waals surface area contributed by atoms with Gasteiger partial charge in [0.1, 0.15) is 17.5 Å². The number of aromatic nitrogens is 2. The van der Waals surface area contributed by atoms with E-state index in [1.807, 2.05) is 6.92 Å². The Hall–Kier alpha value is -1.17. The molecule has 94 valence electrons. The summed E-state index contributed by atoms with van der Waals surface area (Å²) in [4.78, 5) is 8.64. The minimum absolute atomic E-state index is 0.490. The van der Waals surface area contributed by atoms with Crippen LogP contribution in [0.15, 0.2) is 6.07 Å². The van der Waals surface area contributed by atoms with Gasteiger partial charge >= 0.3 is 0 Å². The minimum atomic E-state index is -0.745. The summed E-state index contributed by atoms with van der Waals surface area (Å²) in [5.74, 6) is 3.90. The quantitative estimate of drug-likeness (QED) is 0.795. The summed E-state index contributed by atoms with van der Waals surface area (Å²) in [7, 11) is -0.745. The predicted octanol–water partition coefficient (Wildman–Crippen LogP) is 1.12. The third-order valence-corrected chi connectivity index (χ3v) is 3.97. The van der Waals surface area contributed by atoms with Crippen molar-refractivity contribution in [1.82, 2.24) is 9.97 Å². The zero-order chi connectivity index (χ0) is 12.3. The zero-order valence-electron chi connectivity index (χ0n) is 9.98. The maximum atomic E-state index is 11.3. The second kappa shape index (κ2) is 5.44. The Balaban J connectivity index is 1.93. The highest BCUT2D eigenvalue weighted by Crippen LogP contribution is 2.38. The van der Waals surface area contributed by atoms with Crippen LogP contribution < -0.4 is 11.1 Å². The SMILES string of the molecule is CCS(=O)CCNc1cc(N)nc(C2CC2)n1. The zero-order valence-corrected chi connectivity index (χ0v) is 10.8. The number of nitrogens with one attached hydrogen (secondary N) is 1. The van der Waals surface area contributed by atoms with Gasteiger partial charge in [-0.05, 0) is 12.8 Å². The number of nitrogens with zero attached hydrogens (tertiary/aromatic N) is 2. The van der Waals surface area contributed by atoms with Crippen molar-refractivity contribution < 1.29 is 4.21 Å². The van der Waals surface area contributed by atoms with Crippen LogP contribution in [0.1, 0.15) is 31.5 Å². The normalized spacial score (nSPS) is 16.8. The van der Waals surface area contributed by atoms with Crippen LogP contribution in [0.2, 0.25) is 0 Å². The van der Waals surface area contributed by atoms with Gasteiger partial charge in [-0.1, -0.05) is 6.92 Å². The summed E-state index contributed by atoms with van der Waals surface area (Å²) in [6.07, 6.45) is 2.31. The van der Waals surface area contributed by atoms with E-state index in [2.05, 4.69) is 15.3 Å². The lowest BCUT2D eigenvalue weighted by molar-refractivity contribution is 0.684. The molecule has 0 amide bonds. The van der Waals surface area contributed by atoms with E-state index in [0.29, 0.717) is 29.8 Å². The van der Waals surface area contributed by atoms with Gasteiger partial charge in [-0.2, -0.15) is 0 Å². The number of nitrogens with two attached hydrogens (primary N) is 1. The molecular formula is C11H18N4OS. The molecule has 0 spiro atoms. The van der Waals surface area contributed by atoms with Crippen molar-refractivity contribution in [3.05, 3.63) is 11.9 Å². The number of hydrogen-bond donors (Lipinski definition) is 2. The number of hydrogen-bond acceptors (Lipinski definition) is 5. The molecule has 1 fully saturated rings. The van der Waals surface area contributed by atoms with E-state index in [9.17, 15) is 4.21 Å². The molecule has 6 heteroatoms. The molecule has 0 aromatic carbocycles. The highest BCUT2D eigenvalue weighted by molar-refractivity contribution is 7.84. The van der Waals surface area contributed by atoms with Crippen LogP contribution >= 0.6 is 0 Å². The lowest BCUT2D eigenvalue weighted by Gasteiger charge is -2.07. The van der Waals surface area contributed by atoms with E-state index in [1.54, 1.807) is 6.07 Å². The van der Waals surface area contributed by atoms with Crippen molar-refractivity contribution in [2.45, 2.75) is 25.7 Å². The molecule has 0 bridgehead atoms. The summed E-state index contributed by atoms with van der Waals surface area (Å²) >= 11 is 0. The average molecular weight is 254 g/mol. The second-order valence-corrected chi connectivity index (χ2v) is 6.04. The van der Waals surface area contributed by atoms with E-state index in [-0.39, 0.29) is 0 Å². The summed E-state index contributed by atoms with van der Waals surface area (Å²) in [5, 5.41) is 3.15. The first-order chi connectivity index (χ1) is 8.19. The molecule has 1 aromatic heterocycles. The van der Waals surface area contributed by atoms with E-state index in [0.717, 1.165) is 24.5 Å². The molecule has 1 aromatic rings. The second-order valence-electron chi connectivity index (χ2n) is 4.17. The fourth-order valence-electron chi connectivity index (χ4n) is 1.54. The fourth-order valence-corrected chi connectivity index (χ4v) is 2.16. The lowest BCUT2D eigenvalue weighted by Crippen LogP contribution is -2.13. The van der Waals surface area contributed by atoms with Gasteiger partial charge in [-0.15, -0.1) is 0 Å². The standard InChI is InChI=1S/C11H18N4OS/c1-2-17(16)6-5-13-10-7-9(12)14-11(15-10)8-3-4-8/h7-8H,2-6H2,1H3,(H3,12,13,14,15). The predicted molar refractivity (Wildman–Crippen MR) is 70.5 cm³/mol. The number of nitrogen functional groups attached to an aromatic ring is 1.